The molecule has 0 heterocycles. The average Bonchev–Trinajstić information content (AvgIpc) is 2.57. The van der Waals surface area contributed by atoms with Crippen molar-refractivity contribution in [2.75, 3.05) is 0 Å². The van der Waals surface area contributed by atoms with Gasteiger partial charge >= 0.3 is 0 Å². The van der Waals surface area contributed by atoms with Crippen LogP contribution in [0.1, 0.15) is 117 Å². The van der Waals surface area contributed by atoms with E-state index in [9.17, 15) is 5.26 Å². The van der Waals surface area contributed by atoms with Crippen molar-refractivity contribution in [2.24, 2.45) is 5.92 Å². The van der Waals surface area contributed by atoms with E-state index in [1.807, 2.05) is 0 Å². The highest BCUT2D eigenvalue weighted by Crippen LogP contribution is 2.17. The lowest BCUT2D eigenvalue weighted by Gasteiger charge is -2.08. The van der Waals surface area contributed by atoms with Gasteiger partial charge in [0.25, 0.3) is 0 Å². The molecule has 1 nitrogen and oxygen atoms in total. The summed E-state index contributed by atoms with van der Waals surface area (Å²) in [6, 6.07) is 2.52. The summed E-state index contributed by atoms with van der Waals surface area (Å²) in [5.41, 5.74) is 0. The molecule has 0 aliphatic rings. The molecular weight excluding hydrogens is 278 g/mol. The Morgan fingerprint density at radius 1 is 0.652 bits per heavy atom. The molecule has 0 saturated carbocycles. The number of hydrogen-bond acceptors (Lipinski definition) is 1. The largest absolute Gasteiger partial charge is 0.198 e. The normalized spacial score (nSPS) is 12.6. The fourth-order valence-electron chi connectivity index (χ4n) is 3.03. The van der Waals surface area contributed by atoms with E-state index in [1.54, 1.807) is 0 Å². The molecule has 0 fully saturated rings. The molecule has 0 radical (unpaired) electrons. The van der Waals surface area contributed by atoms with Gasteiger partial charge < -0.3 is 0 Å². The monoisotopic (exact) mass is 319 g/mol. The highest BCUT2D eigenvalue weighted by atomic mass is 14.3. The van der Waals surface area contributed by atoms with Crippen molar-refractivity contribution in [1.82, 2.24) is 0 Å². The molecule has 23 heavy (non-hydrogen) atoms. The molecule has 1 unspecified atom stereocenters. The topological polar surface area (TPSA) is 23.8 Å². The van der Waals surface area contributed by atoms with Crippen molar-refractivity contribution in [3.63, 3.8) is 0 Å². The first-order chi connectivity index (χ1) is 11.3. The fourth-order valence-corrected chi connectivity index (χ4v) is 3.03. The number of allylic oxidation sites excluding steroid dienone is 2. The van der Waals surface area contributed by atoms with Gasteiger partial charge in [-0.25, -0.2) is 0 Å². The Bertz CT molecular complexity index is 287. The molecule has 0 aromatic carbocycles. The van der Waals surface area contributed by atoms with Crippen molar-refractivity contribution in [3.8, 4) is 6.07 Å². The maximum Gasteiger partial charge on any atom is 0.0655 e. The van der Waals surface area contributed by atoms with Crippen LogP contribution in [0.4, 0.5) is 0 Å². The van der Waals surface area contributed by atoms with E-state index >= 15 is 0 Å². The third kappa shape index (κ3) is 17.4. The van der Waals surface area contributed by atoms with Crippen LogP contribution in [0.15, 0.2) is 12.2 Å². The molecule has 134 valence electrons. The first-order valence-electron chi connectivity index (χ1n) is 10.4. The van der Waals surface area contributed by atoms with E-state index in [-0.39, 0.29) is 0 Å². The van der Waals surface area contributed by atoms with Crippen LogP contribution < -0.4 is 0 Å². The van der Waals surface area contributed by atoms with Gasteiger partial charge in [-0.05, 0) is 38.5 Å². The van der Waals surface area contributed by atoms with E-state index in [4.69, 9.17) is 0 Å². The van der Waals surface area contributed by atoms with Crippen LogP contribution >= 0.6 is 0 Å². The Morgan fingerprint density at radius 2 is 1.13 bits per heavy atom. The number of rotatable bonds is 17. The lowest BCUT2D eigenvalue weighted by molar-refractivity contribution is 0.488. The second-order valence-corrected chi connectivity index (χ2v) is 6.99. The van der Waals surface area contributed by atoms with Crippen molar-refractivity contribution >= 4 is 0 Å². The summed E-state index contributed by atoms with van der Waals surface area (Å²) < 4.78 is 0. The zero-order valence-corrected chi connectivity index (χ0v) is 16.0. The van der Waals surface area contributed by atoms with Crippen LogP contribution in [-0.4, -0.2) is 0 Å². The summed E-state index contributed by atoms with van der Waals surface area (Å²) in [7, 11) is 0. The molecule has 0 N–H and O–H groups in total. The van der Waals surface area contributed by atoms with Crippen molar-refractivity contribution in [1.29, 1.82) is 5.26 Å². The van der Waals surface area contributed by atoms with Gasteiger partial charge in [0, 0.05) is 5.92 Å². The maximum atomic E-state index is 9.26. The van der Waals surface area contributed by atoms with Crippen molar-refractivity contribution in [2.45, 2.75) is 117 Å². The van der Waals surface area contributed by atoms with Gasteiger partial charge in [-0.3, -0.25) is 0 Å². The lowest BCUT2D eigenvalue weighted by atomic mass is 9.96. The van der Waals surface area contributed by atoms with Gasteiger partial charge in [0.15, 0.2) is 0 Å². The average molecular weight is 320 g/mol. The minimum atomic E-state index is 0.295. The molecule has 0 rings (SSSR count). The van der Waals surface area contributed by atoms with Crippen LogP contribution in [0.5, 0.6) is 0 Å². The number of nitrogens with zero attached hydrogens (tertiary/aromatic N) is 1. The second-order valence-electron chi connectivity index (χ2n) is 6.99. The van der Waals surface area contributed by atoms with Crippen molar-refractivity contribution in [3.05, 3.63) is 12.2 Å². The summed E-state index contributed by atoms with van der Waals surface area (Å²) in [6.45, 7) is 4.52. The first kappa shape index (κ1) is 22.2. The Hall–Kier alpha value is -0.770. The van der Waals surface area contributed by atoms with Gasteiger partial charge in [-0.15, -0.1) is 0 Å². The minimum Gasteiger partial charge on any atom is -0.198 e. The Balaban J connectivity index is 3.40. The molecule has 0 aliphatic heterocycles. The molecule has 1 heteroatoms. The van der Waals surface area contributed by atoms with Gasteiger partial charge in [0.2, 0.25) is 0 Å². The van der Waals surface area contributed by atoms with Crippen LogP contribution in [0.3, 0.4) is 0 Å². The Morgan fingerprint density at radius 3 is 1.74 bits per heavy atom. The summed E-state index contributed by atoms with van der Waals surface area (Å²) in [4.78, 5) is 0. The smallest absolute Gasteiger partial charge is 0.0655 e. The SMILES string of the molecule is CCCCC/C=C\CCCC(C#N)CCCCCCCCCC. The van der Waals surface area contributed by atoms with Gasteiger partial charge in [-0.1, -0.05) is 90.2 Å². The van der Waals surface area contributed by atoms with Crippen LogP contribution in [0, 0.1) is 17.2 Å². The maximum absolute atomic E-state index is 9.26. The Kier molecular flexibility index (Phi) is 18.6. The molecular formula is C22H41N. The second kappa shape index (κ2) is 19.3. The molecule has 0 amide bonds. The molecule has 0 aromatic rings. The van der Waals surface area contributed by atoms with Crippen molar-refractivity contribution < 1.29 is 0 Å². The van der Waals surface area contributed by atoms with E-state index in [0.29, 0.717) is 5.92 Å². The van der Waals surface area contributed by atoms with Gasteiger partial charge in [0.1, 0.15) is 0 Å². The molecule has 0 spiro atoms. The summed E-state index contributed by atoms with van der Waals surface area (Å²) >= 11 is 0. The lowest BCUT2D eigenvalue weighted by Crippen LogP contribution is -1.97. The van der Waals surface area contributed by atoms with E-state index in [1.165, 1.54) is 83.5 Å². The van der Waals surface area contributed by atoms with Gasteiger partial charge in [-0.2, -0.15) is 5.26 Å². The summed E-state index contributed by atoms with van der Waals surface area (Å²) in [6.07, 6.45) is 25.2. The predicted octanol–water partition coefficient (Wildman–Crippen LogP) is 7.96. The molecule has 0 saturated heterocycles. The fraction of sp³-hybridized carbons (Fsp3) is 0.864. The third-order valence-electron chi connectivity index (χ3n) is 4.65. The van der Waals surface area contributed by atoms with Crippen LogP contribution in [0.2, 0.25) is 0 Å². The van der Waals surface area contributed by atoms with E-state index in [0.717, 1.165) is 19.3 Å². The number of unbranched alkanes of at least 4 members (excludes halogenated alkanes) is 11. The van der Waals surface area contributed by atoms with Crippen LogP contribution in [-0.2, 0) is 0 Å². The minimum absolute atomic E-state index is 0.295. The molecule has 0 bridgehead atoms. The highest BCUT2D eigenvalue weighted by Gasteiger charge is 2.06. The standard InChI is InChI=1S/C22H41N/c1-3-5-7-9-11-13-15-17-19-22(21-23)20-18-16-14-12-10-8-6-4-2/h11,13,22H,3-10,12,14-20H2,1-2H3/b13-11-. The zero-order chi connectivity index (χ0) is 17.0. The number of hydrogen-bond donors (Lipinski definition) is 0. The zero-order valence-electron chi connectivity index (χ0n) is 16.0. The molecule has 1 atom stereocenters. The summed E-state index contributed by atoms with van der Waals surface area (Å²) in [5.74, 6) is 0.295. The summed E-state index contributed by atoms with van der Waals surface area (Å²) in [5, 5.41) is 9.26. The Labute approximate surface area is 146 Å². The molecule has 0 aliphatic carbocycles. The quantitative estimate of drug-likeness (QED) is 0.197. The van der Waals surface area contributed by atoms with E-state index < -0.39 is 0 Å². The van der Waals surface area contributed by atoms with Crippen LogP contribution in [0.25, 0.3) is 0 Å². The first-order valence-corrected chi connectivity index (χ1v) is 10.4. The van der Waals surface area contributed by atoms with E-state index in [2.05, 4.69) is 32.1 Å². The molecule has 0 aromatic heterocycles. The third-order valence-corrected chi connectivity index (χ3v) is 4.65. The van der Waals surface area contributed by atoms with Gasteiger partial charge in [0.05, 0.1) is 6.07 Å². The predicted molar refractivity (Wildman–Crippen MR) is 103 cm³/mol. The number of nitriles is 1. The highest BCUT2D eigenvalue weighted by molar-refractivity contribution is 4.85.